The van der Waals surface area contributed by atoms with Crippen molar-refractivity contribution in [2.45, 2.75) is 38.7 Å². The topological polar surface area (TPSA) is 58.6 Å². The molecule has 5 heteroatoms. The first-order valence-corrected chi connectivity index (χ1v) is 10.6. The van der Waals surface area contributed by atoms with E-state index in [1.165, 1.54) is 12.8 Å². The number of likely N-dealkylation sites (tertiary alicyclic amines) is 1. The van der Waals surface area contributed by atoms with Crippen molar-refractivity contribution in [1.82, 2.24) is 4.90 Å². The first kappa shape index (κ1) is 19.5. The zero-order chi connectivity index (χ0) is 20.1. The number of nitrogens with zero attached hydrogens (tertiary/aromatic N) is 1. The third kappa shape index (κ3) is 5.17. The van der Waals surface area contributed by atoms with E-state index in [-0.39, 0.29) is 23.7 Å². The highest BCUT2D eigenvalue weighted by Crippen LogP contribution is 2.41. The maximum absolute atomic E-state index is 12.6. The molecular weight excluding hydrogens is 364 g/mol. The predicted molar refractivity (Wildman–Crippen MR) is 112 cm³/mol. The zero-order valence-electron chi connectivity index (χ0n) is 16.7. The number of ether oxygens (including phenoxy) is 1. The summed E-state index contributed by atoms with van der Waals surface area (Å²) in [5.74, 6) is 0.529. The molecule has 5 nitrogen and oxygen atoms in total. The van der Waals surface area contributed by atoms with Crippen molar-refractivity contribution in [1.29, 1.82) is 0 Å². The second kappa shape index (κ2) is 9.12. The molecule has 1 saturated heterocycles. The Hall–Kier alpha value is -2.82. The summed E-state index contributed by atoms with van der Waals surface area (Å²) in [7, 11) is 0. The number of carbonyl (C=O) groups is 2. The molecule has 2 aromatic rings. The summed E-state index contributed by atoms with van der Waals surface area (Å²) in [5, 5.41) is 2.94. The Morgan fingerprint density at radius 2 is 1.59 bits per heavy atom. The van der Waals surface area contributed by atoms with Gasteiger partial charge in [-0.15, -0.1) is 0 Å². The highest BCUT2D eigenvalue weighted by Gasteiger charge is 2.49. The molecule has 4 rings (SSSR count). The number of anilines is 1. The standard InChI is InChI=1S/C24H28N2O3/c27-23(21-16-22(21)24(28)26-14-6-1-2-7-15-26)25-19-10-12-20(13-11-19)29-17-18-8-4-3-5-9-18/h3-5,8-13,21-22H,1-2,6-7,14-17H2,(H,25,27). The van der Waals surface area contributed by atoms with E-state index in [0.717, 1.165) is 42.9 Å². The number of benzene rings is 2. The minimum Gasteiger partial charge on any atom is -0.489 e. The normalized spacial score (nSPS) is 21.2. The van der Waals surface area contributed by atoms with Gasteiger partial charge in [0.05, 0.1) is 11.8 Å². The van der Waals surface area contributed by atoms with Crippen LogP contribution in [-0.4, -0.2) is 29.8 Å². The number of hydrogen-bond acceptors (Lipinski definition) is 3. The largest absolute Gasteiger partial charge is 0.489 e. The van der Waals surface area contributed by atoms with Gasteiger partial charge in [0, 0.05) is 18.8 Å². The van der Waals surface area contributed by atoms with Gasteiger partial charge in [-0.3, -0.25) is 9.59 Å². The number of carbonyl (C=O) groups excluding carboxylic acids is 2. The van der Waals surface area contributed by atoms with Gasteiger partial charge in [-0.05, 0) is 49.1 Å². The molecule has 2 aromatic carbocycles. The van der Waals surface area contributed by atoms with Gasteiger partial charge in [-0.2, -0.15) is 0 Å². The van der Waals surface area contributed by atoms with E-state index in [4.69, 9.17) is 4.74 Å². The molecule has 0 aromatic heterocycles. The summed E-state index contributed by atoms with van der Waals surface area (Å²) in [6.07, 6.45) is 5.22. The first-order valence-electron chi connectivity index (χ1n) is 10.6. The molecular formula is C24H28N2O3. The molecule has 1 aliphatic heterocycles. The van der Waals surface area contributed by atoms with Gasteiger partial charge in [0.2, 0.25) is 11.8 Å². The summed E-state index contributed by atoms with van der Waals surface area (Å²) in [4.78, 5) is 27.1. The minimum absolute atomic E-state index is 0.0591. The molecule has 1 heterocycles. The second-order valence-corrected chi connectivity index (χ2v) is 7.98. The van der Waals surface area contributed by atoms with E-state index in [2.05, 4.69) is 5.32 Å². The van der Waals surface area contributed by atoms with Crippen LogP contribution in [0.2, 0.25) is 0 Å². The van der Waals surface area contributed by atoms with Gasteiger partial charge in [0.25, 0.3) is 0 Å². The lowest BCUT2D eigenvalue weighted by Crippen LogP contribution is -2.34. The fourth-order valence-corrected chi connectivity index (χ4v) is 3.89. The molecule has 2 unspecified atom stereocenters. The summed E-state index contributed by atoms with van der Waals surface area (Å²) in [6, 6.07) is 17.4. The Balaban J connectivity index is 1.25. The molecule has 1 saturated carbocycles. The molecule has 29 heavy (non-hydrogen) atoms. The van der Waals surface area contributed by atoms with Gasteiger partial charge in [-0.1, -0.05) is 43.2 Å². The number of nitrogens with one attached hydrogen (secondary N) is 1. The quantitative estimate of drug-likeness (QED) is 0.800. The number of hydrogen-bond donors (Lipinski definition) is 1. The molecule has 1 N–H and O–H groups in total. The van der Waals surface area contributed by atoms with Crippen molar-refractivity contribution in [3.63, 3.8) is 0 Å². The molecule has 2 aliphatic rings. The third-order valence-electron chi connectivity index (χ3n) is 5.73. The van der Waals surface area contributed by atoms with Crippen LogP contribution in [0, 0.1) is 11.8 Å². The molecule has 2 amide bonds. The van der Waals surface area contributed by atoms with Crippen LogP contribution in [0.15, 0.2) is 54.6 Å². The summed E-state index contributed by atoms with van der Waals surface area (Å²) >= 11 is 0. The van der Waals surface area contributed by atoms with Crippen LogP contribution >= 0.6 is 0 Å². The van der Waals surface area contributed by atoms with E-state index in [9.17, 15) is 9.59 Å². The van der Waals surface area contributed by atoms with Crippen molar-refractivity contribution < 1.29 is 14.3 Å². The summed E-state index contributed by atoms with van der Waals surface area (Å²) in [6.45, 7) is 2.19. The van der Waals surface area contributed by atoms with Crippen LogP contribution in [-0.2, 0) is 16.2 Å². The predicted octanol–water partition coefficient (Wildman–Crippen LogP) is 4.24. The van der Waals surface area contributed by atoms with E-state index in [0.29, 0.717) is 13.0 Å². The molecule has 0 radical (unpaired) electrons. The van der Waals surface area contributed by atoms with Gasteiger partial charge in [0.15, 0.2) is 0 Å². The Bertz CT molecular complexity index is 827. The molecule has 0 spiro atoms. The lowest BCUT2D eigenvalue weighted by atomic mass is 10.2. The van der Waals surface area contributed by atoms with E-state index >= 15 is 0 Å². The van der Waals surface area contributed by atoms with Crippen LogP contribution in [0.4, 0.5) is 5.69 Å². The maximum atomic E-state index is 12.6. The van der Waals surface area contributed by atoms with Crippen molar-refractivity contribution in [2.24, 2.45) is 11.8 Å². The fourth-order valence-electron chi connectivity index (χ4n) is 3.89. The summed E-state index contributed by atoms with van der Waals surface area (Å²) < 4.78 is 5.77. The molecule has 2 atom stereocenters. The molecule has 0 bridgehead atoms. The second-order valence-electron chi connectivity index (χ2n) is 7.98. The Morgan fingerprint density at radius 1 is 0.897 bits per heavy atom. The number of rotatable bonds is 6. The zero-order valence-corrected chi connectivity index (χ0v) is 16.7. The lowest BCUT2D eigenvalue weighted by Gasteiger charge is -2.20. The van der Waals surface area contributed by atoms with Gasteiger partial charge >= 0.3 is 0 Å². The highest BCUT2D eigenvalue weighted by atomic mass is 16.5. The van der Waals surface area contributed by atoms with E-state index in [1.807, 2.05) is 59.5 Å². The Morgan fingerprint density at radius 3 is 2.28 bits per heavy atom. The van der Waals surface area contributed by atoms with Crippen LogP contribution in [0.25, 0.3) is 0 Å². The highest BCUT2D eigenvalue weighted by molar-refractivity contribution is 5.99. The Labute approximate surface area is 172 Å². The average Bonchev–Trinajstić information content (AvgIpc) is 3.58. The maximum Gasteiger partial charge on any atom is 0.228 e. The smallest absolute Gasteiger partial charge is 0.228 e. The molecule has 1 aliphatic carbocycles. The first-order chi connectivity index (χ1) is 14.2. The van der Waals surface area contributed by atoms with E-state index < -0.39 is 0 Å². The van der Waals surface area contributed by atoms with Crippen molar-refractivity contribution in [3.8, 4) is 5.75 Å². The summed E-state index contributed by atoms with van der Waals surface area (Å²) in [5.41, 5.74) is 1.84. The van der Waals surface area contributed by atoms with Gasteiger partial charge in [-0.25, -0.2) is 0 Å². The molecule has 152 valence electrons. The van der Waals surface area contributed by atoms with Crippen molar-refractivity contribution in [3.05, 3.63) is 60.2 Å². The third-order valence-corrected chi connectivity index (χ3v) is 5.73. The minimum atomic E-state index is -0.195. The van der Waals surface area contributed by atoms with Gasteiger partial charge < -0.3 is 15.0 Å². The lowest BCUT2D eigenvalue weighted by molar-refractivity contribution is -0.134. The average molecular weight is 392 g/mol. The van der Waals surface area contributed by atoms with Crippen LogP contribution in [0.3, 0.4) is 0 Å². The van der Waals surface area contributed by atoms with Crippen LogP contribution in [0.5, 0.6) is 5.75 Å². The SMILES string of the molecule is O=C(Nc1ccc(OCc2ccccc2)cc1)C1CC1C(=O)N1CCCCCC1. The van der Waals surface area contributed by atoms with Crippen molar-refractivity contribution in [2.75, 3.05) is 18.4 Å². The Kier molecular flexibility index (Phi) is 6.13. The fraction of sp³-hybridized carbons (Fsp3) is 0.417. The molecule has 2 fully saturated rings. The van der Waals surface area contributed by atoms with Crippen molar-refractivity contribution >= 4 is 17.5 Å². The van der Waals surface area contributed by atoms with E-state index in [1.54, 1.807) is 0 Å². The van der Waals surface area contributed by atoms with Crippen LogP contribution < -0.4 is 10.1 Å². The number of amides is 2. The monoisotopic (exact) mass is 392 g/mol. The van der Waals surface area contributed by atoms with Crippen LogP contribution in [0.1, 0.15) is 37.7 Å². The van der Waals surface area contributed by atoms with Gasteiger partial charge in [0.1, 0.15) is 12.4 Å².